The van der Waals surface area contributed by atoms with Gasteiger partial charge < -0.3 is 4.90 Å². The van der Waals surface area contributed by atoms with Crippen molar-refractivity contribution >= 4 is 17.1 Å². The molecule has 226 valence electrons. The van der Waals surface area contributed by atoms with Crippen molar-refractivity contribution in [3.63, 3.8) is 0 Å². The van der Waals surface area contributed by atoms with Gasteiger partial charge in [-0.05, 0) is 64.2 Å². The third kappa shape index (κ3) is 4.81. The summed E-state index contributed by atoms with van der Waals surface area (Å²) < 4.78 is 2.27. The summed E-state index contributed by atoms with van der Waals surface area (Å²) in [6.07, 6.45) is 2.18. The minimum Gasteiger partial charge on any atom is -0.308 e. The number of hydrogen-bond donors (Lipinski definition) is 0. The zero-order chi connectivity index (χ0) is 31.9. The van der Waals surface area contributed by atoms with Crippen LogP contribution in [0.15, 0.2) is 188 Å². The zero-order valence-electron chi connectivity index (χ0n) is 26.2. The first-order valence-electron chi connectivity index (χ1n) is 16.3. The van der Waals surface area contributed by atoms with Crippen molar-refractivity contribution in [2.24, 2.45) is 0 Å². The highest BCUT2D eigenvalue weighted by molar-refractivity contribution is 6.02. The number of fused-ring (bicyclic) bond motifs is 5. The number of para-hydroxylation sites is 1. The average molecular weight is 614 g/mol. The molecule has 0 fully saturated rings. The number of pyridine rings is 1. The third-order valence-corrected chi connectivity index (χ3v) is 9.17. The van der Waals surface area contributed by atoms with Crippen LogP contribution >= 0.6 is 0 Å². The van der Waals surface area contributed by atoms with E-state index >= 15 is 0 Å². The fourth-order valence-electron chi connectivity index (χ4n) is 6.94. The number of benzene rings is 6. The van der Waals surface area contributed by atoms with Gasteiger partial charge in [-0.25, -0.2) is 4.98 Å². The molecule has 0 N–H and O–H groups in total. The Labute approximate surface area is 280 Å². The maximum Gasteiger partial charge on any atom is 0.138 e. The fourth-order valence-corrected chi connectivity index (χ4v) is 6.94. The Balaban J connectivity index is 1.31. The first-order chi connectivity index (χ1) is 23.8. The van der Waals surface area contributed by atoms with Crippen LogP contribution in [0.1, 0.15) is 0 Å². The van der Waals surface area contributed by atoms with Gasteiger partial charge in [0, 0.05) is 28.6 Å². The van der Waals surface area contributed by atoms with Gasteiger partial charge in [0.1, 0.15) is 5.82 Å². The quantitative estimate of drug-likeness (QED) is 0.193. The molecule has 9 rings (SSSR count). The molecule has 0 unspecified atom stereocenters. The van der Waals surface area contributed by atoms with Gasteiger partial charge in [0.25, 0.3) is 0 Å². The van der Waals surface area contributed by atoms with Crippen molar-refractivity contribution in [1.29, 1.82) is 0 Å². The smallest absolute Gasteiger partial charge is 0.138 e. The molecule has 0 saturated heterocycles. The number of anilines is 3. The van der Waals surface area contributed by atoms with E-state index in [2.05, 4.69) is 192 Å². The molecule has 8 aromatic rings. The lowest BCUT2D eigenvalue weighted by Crippen LogP contribution is -2.10. The highest BCUT2D eigenvalue weighted by Crippen LogP contribution is 2.52. The van der Waals surface area contributed by atoms with E-state index in [0.29, 0.717) is 0 Å². The Morgan fingerprint density at radius 3 is 1.69 bits per heavy atom. The van der Waals surface area contributed by atoms with Crippen LogP contribution in [-0.4, -0.2) is 9.55 Å². The molecule has 1 aliphatic rings. The van der Waals surface area contributed by atoms with E-state index in [-0.39, 0.29) is 0 Å². The first-order valence-corrected chi connectivity index (χ1v) is 16.3. The monoisotopic (exact) mass is 613 g/mol. The molecule has 0 radical (unpaired) electrons. The van der Waals surface area contributed by atoms with Crippen LogP contribution in [0.5, 0.6) is 0 Å². The molecule has 0 atom stereocenters. The summed E-state index contributed by atoms with van der Waals surface area (Å²) in [6, 6.07) is 64.6. The summed E-state index contributed by atoms with van der Waals surface area (Å²) in [7, 11) is 0. The van der Waals surface area contributed by atoms with E-state index < -0.39 is 0 Å². The average Bonchev–Trinajstić information content (AvgIpc) is 3.56. The SMILES string of the molecule is c1ccc(-c2cccc(N3c4ccccc4-c4ccccc4-c4c3ccn4-c3cc(-c4ccccc4)cc(-c4ccccc4)n3)c2)cc1. The molecule has 0 spiro atoms. The Bertz CT molecular complexity index is 2330. The largest absolute Gasteiger partial charge is 0.308 e. The van der Waals surface area contributed by atoms with Gasteiger partial charge in [-0.2, -0.15) is 0 Å². The molecule has 6 aromatic carbocycles. The van der Waals surface area contributed by atoms with Crippen LogP contribution in [0.4, 0.5) is 17.1 Å². The second-order valence-electron chi connectivity index (χ2n) is 12.1. The molecular weight excluding hydrogens is 583 g/mol. The van der Waals surface area contributed by atoms with Crippen LogP contribution in [0.3, 0.4) is 0 Å². The molecule has 0 saturated carbocycles. The van der Waals surface area contributed by atoms with Crippen molar-refractivity contribution in [3.05, 3.63) is 188 Å². The van der Waals surface area contributed by atoms with Gasteiger partial charge in [0.15, 0.2) is 0 Å². The standard InChI is InChI=1S/C45H31N3/c1-4-15-32(16-5-1)35-21-14-22-37(29-35)48-42-26-13-12-24-39(42)38-23-10-11-25-40(38)45-43(48)27-28-47(45)44-31-36(33-17-6-2-7-18-33)30-41(46-44)34-19-8-3-9-20-34/h1-31H. The second-order valence-corrected chi connectivity index (χ2v) is 12.1. The predicted octanol–water partition coefficient (Wildman–Crippen LogP) is 12.0. The highest BCUT2D eigenvalue weighted by atomic mass is 15.2. The molecule has 2 aromatic heterocycles. The van der Waals surface area contributed by atoms with Crippen LogP contribution in [-0.2, 0) is 0 Å². The minimum atomic E-state index is 0.871. The highest BCUT2D eigenvalue weighted by Gasteiger charge is 2.29. The lowest BCUT2D eigenvalue weighted by molar-refractivity contribution is 1.02. The maximum atomic E-state index is 5.33. The topological polar surface area (TPSA) is 21.1 Å². The predicted molar refractivity (Wildman–Crippen MR) is 199 cm³/mol. The normalized spacial score (nSPS) is 11.7. The fraction of sp³-hybridized carbons (Fsp3) is 0. The Morgan fingerprint density at radius 1 is 0.375 bits per heavy atom. The molecule has 3 heterocycles. The molecule has 3 nitrogen and oxygen atoms in total. The summed E-state index contributed by atoms with van der Waals surface area (Å²) in [6.45, 7) is 0. The summed E-state index contributed by atoms with van der Waals surface area (Å²) in [4.78, 5) is 7.74. The maximum absolute atomic E-state index is 5.33. The lowest BCUT2D eigenvalue weighted by atomic mass is 9.97. The Morgan fingerprint density at radius 2 is 0.958 bits per heavy atom. The van der Waals surface area contributed by atoms with E-state index in [4.69, 9.17) is 4.98 Å². The Kier molecular flexibility index (Phi) is 6.80. The van der Waals surface area contributed by atoms with Crippen LogP contribution in [0, 0.1) is 0 Å². The number of aromatic nitrogens is 2. The van der Waals surface area contributed by atoms with Crippen molar-refractivity contribution in [1.82, 2.24) is 9.55 Å². The van der Waals surface area contributed by atoms with E-state index in [1.54, 1.807) is 0 Å². The van der Waals surface area contributed by atoms with E-state index in [9.17, 15) is 0 Å². The summed E-state index contributed by atoms with van der Waals surface area (Å²) in [5.41, 5.74) is 14.7. The van der Waals surface area contributed by atoms with Gasteiger partial charge in [0.2, 0.25) is 0 Å². The van der Waals surface area contributed by atoms with Gasteiger partial charge in [-0.15, -0.1) is 0 Å². The lowest BCUT2D eigenvalue weighted by Gasteiger charge is -2.26. The van der Waals surface area contributed by atoms with Gasteiger partial charge in [0.05, 0.1) is 22.8 Å². The Hall–Kier alpha value is -6.45. The summed E-state index contributed by atoms with van der Waals surface area (Å²) in [5.74, 6) is 0.871. The first kappa shape index (κ1) is 27.8. The van der Waals surface area contributed by atoms with Crippen LogP contribution < -0.4 is 4.90 Å². The number of hydrogen-bond acceptors (Lipinski definition) is 2. The van der Waals surface area contributed by atoms with Gasteiger partial charge >= 0.3 is 0 Å². The van der Waals surface area contributed by atoms with E-state index in [1.807, 2.05) is 6.07 Å². The zero-order valence-corrected chi connectivity index (χ0v) is 26.2. The molecule has 1 aliphatic heterocycles. The molecular formula is C45H31N3. The van der Waals surface area contributed by atoms with Crippen molar-refractivity contribution in [3.8, 4) is 61.7 Å². The van der Waals surface area contributed by atoms with Crippen molar-refractivity contribution in [2.45, 2.75) is 0 Å². The molecule has 3 heteroatoms. The molecule has 0 amide bonds. The van der Waals surface area contributed by atoms with Crippen LogP contribution in [0.25, 0.3) is 61.7 Å². The minimum absolute atomic E-state index is 0.871. The summed E-state index contributed by atoms with van der Waals surface area (Å²) >= 11 is 0. The van der Waals surface area contributed by atoms with Crippen molar-refractivity contribution in [2.75, 3.05) is 4.90 Å². The third-order valence-electron chi connectivity index (χ3n) is 9.17. The molecule has 0 bridgehead atoms. The number of rotatable bonds is 5. The number of nitrogens with zero attached hydrogens (tertiary/aromatic N) is 3. The van der Waals surface area contributed by atoms with E-state index in [1.165, 1.54) is 27.8 Å². The molecule has 0 aliphatic carbocycles. The van der Waals surface area contributed by atoms with Crippen molar-refractivity contribution < 1.29 is 0 Å². The second kappa shape index (κ2) is 11.7. The van der Waals surface area contributed by atoms with Gasteiger partial charge in [-0.3, -0.25) is 4.57 Å². The van der Waals surface area contributed by atoms with E-state index in [0.717, 1.165) is 51.0 Å². The van der Waals surface area contributed by atoms with Crippen LogP contribution in [0.2, 0.25) is 0 Å². The van der Waals surface area contributed by atoms with Gasteiger partial charge in [-0.1, -0.05) is 146 Å². The summed E-state index contributed by atoms with van der Waals surface area (Å²) in [5, 5.41) is 0. The molecule has 48 heavy (non-hydrogen) atoms.